The van der Waals surface area contributed by atoms with E-state index in [4.69, 9.17) is 4.74 Å². The molecule has 0 heterocycles. The fourth-order valence-electron chi connectivity index (χ4n) is 4.15. The molecule has 0 unspecified atom stereocenters. The van der Waals surface area contributed by atoms with E-state index in [1.54, 1.807) is 18.2 Å². The lowest BCUT2D eigenvalue weighted by atomic mass is 9.93. The molecule has 0 saturated heterocycles. The number of rotatable bonds is 3. The standard InChI is InChI=1S/C27H28O3/c28-26-12-8-7-11-25(26)27(29)30-23-16-14-21(15-17-23)24-18-13-20-9-5-3-1-2-4-6-10-22(24)19-20/h7-8,11-19,28H,1-6,9-10H2. The minimum Gasteiger partial charge on any atom is -0.507 e. The van der Waals surface area contributed by atoms with E-state index < -0.39 is 5.97 Å². The van der Waals surface area contributed by atoms with Crippen LogP contribution in [-0.4, -0.2) is 11.1 Å². The molecule has 3 nitrogen and oxygen atoms in total. The molecule has 0 radical (unpaired) electrons. The van der Waals surface area contributed by atoms with Crippen molar-refractivity contribution in [3.05, 3.63) is 83.4 Å². The van der Waals surface area contributed by atoms with Crippen LogP contribution in [0.2, 0.25) is 0 Å². The summed E-state index contributed by atoms with van der Waals surface area (Å²) in [6.07, 6.45) is 10.1. The second kappa shape index (κ2) is 9.62. The lowest BCUT2D eigenvalue weighted by molar-refractivity contribution is 0.0731. The number of aromatic hydroxyl groups is 1. The van der Waals surface area contributed by atoms with Gasteiger partial charge in [0.15, 0.2) is 0 Å². The van der Waals surface area contributed by atoms with Gasteiger partial charge in [-0.05, 0) is 72.2 Å². The lowest BCUT2D eigenvalue weighted by Gasteiger charge is -2.13. The molecule has 30 heavy (non-hydrogen) atoms. The van der Waals surface area contributed by atoms with Crippen LogP contribution >= 0.6 is 0 Å². The Balaban J connectivity index is 1.53. The van der Waals surface area contributed by atoms with Crippen molar-refractivity contribution in [2.24, 2.45) is 0 Å². The summed E-state index contributed by atoms with van der Waals surface area (Å²) in [5, 5.41) is 9.83. The normalized spacial score (nSPS) is 14.5. The molecule has 0 spiro atoms. The lowest BCUT2D eigenvalue weighted by Crippen LogP contribution is -2.08. The van der Waals surface area contributed by atoms with E-state index in [0.717, 1.165) is 18.4 Å². The number of carbonyl (C=O) groups excluding carboxylic acids is 1. The minimum absolute atomic E-state index is 0.0761. The molecule has 0 fully saturated rings. The molecule has 1 N–H and O–H groups in total. The van der Waals surface area contributed by atoms with E-state index in [1.165, 1.54) is 61.3 Å². The second-order valence-electron chi connectivity index (χ2n) is 8.04. The van der Waals surface area contributed by atoms with Gasteiger partial charge in [-0.25, -0.2) is 4.79 Å². The van der Waals surface area contributed by atoms with Crippen molar-refractivity contribution in [1.82, 2.24) is 0 Å². The first-order valence-corrected chi connectivity index (χ1v) is 10.9. The van der Waals surface area contributed by atoms with Crippen LogP contribution in [-0.2, 0) is 12.8 Å². The molecule has 0 amide bonds. The van der Waals surface area contributed by atoms with Crippen LogP contribution in [0.3, 0.4) is 0 Å². The summed E-state index contributed by atoms with van der Waals surface area (Å²) < 4.78 is 5.44. The summed E-state index contributed by atoms with van der Waals surface area (Å²) in [7, 11) is 0. The molecule has 3 aromatic carbocycles. The SMILES string of the molecule is O=C(Oc1ccc(-c2ccc3cc2CCCCCCCC3)cc1)c1ccccc1O. The van der Waals surface area contributed by atoms with Crippen molar-refractivity contribution in [3.8, 4) is 22.6 Å². The van der Waals surface area contributed by atoms with Crippen molar-refractivity contribution in [2.45, 2.75) is 51.4 Å². The van der Waals surface area contributed by atoms with Crippen LogP contribution in [0.25, 0.3) is 11.1 Å². The Labute approximate surface area is 178 Å². The first-order chi connectivity index (χ1) is 14.7. The van der Waals surface area contributed by atoms with Crippen LogP contribution in [0.1, 0.15) is 60.0 Å². The first kappa shape index (κ1) is 20.2. The maximum Gasteiger partial charge on any atom is 0.347 e. The Morgan fingerprint density at radius 3 is 2.23 bits per heavy atom. The van der Waals surface area contributed by atoms with Gasteiger partial charge >= 0.3 is 5.97 Å². The monoisotopic (exact) mass is 400 g/mol. The molecular formula is C27H28O3. The van der Waals surface area contributed by atoms with Gasteiger partial charge in [-0.2, -0.15) is 0 Å². The van der Waals surface area contributed by atoms with Crippen LogP contribution in [0, 0.1) is 0 Å². The molecule has 2 bridgehead atoms. The molecule has 4 rings (SSSR count). The molecule has 154 valence electrons. The topological polar surface area (TPSA) is 46.5 Å². The van der Waals surface area contributed by atoms with Gasteiger partial charge in [0, 0.05) is 0 Å². The largest absolute Gasteiger partial charge is 0.507 e. The summed E-state index contributed by atoms with van der Waals surface area (Å²) in [6.45, 7) is 0. The number of hydrogen-bond acceptors (Lipinski definition) is 3. The maximum absolute atomic E-state index is 12.3. The molecule has 0 saturated carbocycles. The molecule has 0 aromatic heterocycles. The summed E-state index contributed by atoms with van der Waals surface area (Å²) >= 11 is 0. The van der Waals surface area contributed by atoms with E-state index in [0.29, 0.717) is 5.75 Å². The van der Waals surface area contributed by atoms with Gasteiger partial charge in [-0.1, -0.05) is 68.1 Å². The van der Waals surface area contributed by atoms with Crippen LogP contribution < -0.4 is 4.74 Å². The fraction of sp³-hybridized carbons (Fsp3) is 0.296. The Hall–Kier alpha value is -3.07. The molecule has 0 aliphatic heterocycles. The summed E-state index contributed by atoms with van der Waals surface area (Å²) in [5.74, 6) is -0.166. The number of ether oxygens (including phenoxy) is 1. The smallest absolute Gasteiger partial charge is 0.347 e. The Kier molecular flexibility index (Phi) is 6.48. The van der Waals surface area contributed by atoms with Crippen molar-refractivity contribution in [2.75, 3.05) is 0 Å². The van der Waals surface area contributed by atoms with Gasteiger partial charge in [0.25, 0.3) is 0 Å². The molecule has 0 atom stereocenters. The number of esters is 1. The van der Waals surface area contributed by atoms with Crippen LogP contribution in [0.5, 0.6) is 11.5 Å². The third kappa shape index (κ3) is 4.91. The van der Waals surface area contributed by atoms with E-state index in [2.05, 4.69) is 18.2 Å². The van der Waals surface area contributed by atoms with Gasteiger partial charge in [-0.15, -0.1) is 0 Å². The molecule has 1 aliphatic rings. The highest BCUT2D eigenvalue weighted by Gasteiger charge is 2.13. The molecular weight excluding hydrogens is 372 g/mol. The zero-order valence-corrected chi connectivity index (χ0v) is 17.3. The van der Waals surface area contributed by atoms with Gasteiger partial charge in [0.2, 0.25) is 0 Å². The van der Waals surface area contributed by atoms with Gasteiger partial charge in [-0.3, -0.25) is 0 Å². The molecule has 1 aliphatic carbocycles. The second-order valence-corrected chi connectivity index (χ2v) is 8.04. The maximum atomic E-state index is 12.3. The quantitative estimate of drug-likeness (QED) is 0.392. The zero-order valence-electron chi connectivity index (χ0n) is 17.3. The van der Waals surface area contributed by atoms with Crippen molar-refractivity contribution < 1.29 is 14.6 Å². The number of benzene rings is 3. The third-order valence-electron chi connectivity index (χ3n) is 5.83. The predicted octanol–water partition coefficient (Wildman–Crippen LogP) is 6.72. The number of phenols is 1. The summed E-state index contributed by atoms with van der Waals surface area (Å²) in [6, 6.07) is 20.9. The van der Waals surface area contributed by atoms with Crippen molar-refractivity contribution >= 4 is 5.97 Å². The summed E-state index contributed by atoms with van der Waals surface area (Å²) in [5.41, 5.74) is 5.40. The van der Waals surface area contributed by atoms with Crippen molar-refractivity contribution in [3.63, 3.8) is 0 Å². The van der Waals surface area contributed by atoms with E-state index in [-0.39, 0.29) is 11.3 Å². The number of fused-ring (bicyclic) bond motifs is 2. The van der Waals surface area contributed by atoms with Crippen LogP contribution in [0.15, 0.2) is 66.7 Å². The highest BCUT2D eigenvalue weighted by Crippen LogP contribution is 2.30. The average Bonchev–Trinajstić information content (AvgIpc) is 2.80. The average molecular weight is 401 g/mol. The fourth-order valence-corrected chi connectivity index (χ4v) is 4.15. The van der Waals surface area contributed by atoms with E-state index >= 15 is 0 Å². The highest BCUT2D eigenvalue weighted by molar-refractivity contribution is 5.93. The van der Waals surface area contributed by atoms with E-state index in [9.17, 15) is 9.90 Å². The zero-order chi connectivity index (χ0) is 20.8. The number of carbonyl (C=O) groups is 1. The minimum atomic E-state index is -0.559. The number of aryl methyl sites for hydroxylation is 2. The first-order valence-electron chi connectivity index (χ1n) is 10.9. The molecule has 3 heteroatoms. The number of hydrogen-bond donors (Lipinski definition) is 1. The summed E-state index contributed by atoms with van der Waals surface area (Å²) in [4.78, 5) is 12.3. The Bertz CT molecular complexity index is 1000. The third-order valence-corrected chi connectivity index (χ3v) is 5.83. The van der Waals surface area contributed by atoms with Gasteiger partial charge in [0.1, 0.15) is 17.1 Å². The molecule has 3 aromatic rings. The van der Waals surface area contributed by atoms with Crippen LogP contribution in [0.4, 0.5) is 0 Å². The predicted molar refractivity (Wildman–Crippen MR) is 120 cm³/mol. The van der Waals surface area contributed by atoms with E-state index in [1.807, 2.05) is 24.3 Å². The number of phenolic OH excluding ortho intramolecular Hbond substituents is 1. The van der Waals surface area contributed by atoms with Gasteiger partial charge in [0.05, 0.1) is 0 Å². The highest BCUT2D eigenvalue weighted by atomic mass is 16.5. The van der Waals surface area contributed by atoms with Gasteiger partial charge < -0.3 is 9.84 Å². The number of para-hydroxylation sites is 1. The van der Waals surface area contributed by atoms with Crippen molar-refractivity contribution in [1.29, 1.82) is 0 Å². The Morgan fingerprint density at radius 2 is 1.47 bits per heavy atom. The Morgan fingerprint density at radius 1 is 0.767 bits per heavy atom.